The topological polar surface area (TPSA) is 70.7 Å². The molecule has 0 aliphatic rings. The Morgan fingerprint density at radius 2 is 2.20 bits per heavy atom. The minimum Gasteiger partial charge on any atom is -0.476 e. The van der Waals surface area contributed by atoms with Crippen LogP contribution in [0.25, 0.3) is 4.96 Å². The number of imidazole rings is 1. The molecular formula is C13H12N4O2S. The van der Waals surface area contributed by atoms with Crippen LogP contribution < -0.4 is 4.90 Å². The van der Waals surface area contributed by atoms with Gasteiger partial charge in [0.25, 0.3) is 0 Å². The predicted molar refractivity (Wildman–Crippen MR) is 76.4 cm³/mol. The van der Waals surface area contributed by atoms with Crippen molar-refractivity contribution in [3.63, 3.8) is 0 Å². The molecule has 0 fully saturated rings. The van der Waals surface area contributed by atoms with E-state index >= 15 is 0 Å². The third kappa shape index (κ3) is 2.12. The van der Waals surface area contributed by atoms with Gasteiger partial charge in [0, 0.05) is 37.6 Å². The van der Waals surface area contributed by atoms with Crippen LogP contribution >= 0.6 is 11.3 Å². The van der Waals surface area contributed by atoms with Crippen molar-refractivity contribution in [1.29, 1.82) is 0 Å². The maximum Gasteiger partial charge on any atom is 0.356 e. The van der Waals surface area contributed by atoms with Gasteiger partial charge in [0.15, 0.2) is 16.5 Å². The van der Waals surface area contributed by atoms with Gasteiger partial charge in [-0.3, -0.25) is 9.38 Å². The van der Waals surface area contributed by atoms with Crippen LogP contribution in [0.15, 0.2) is 36.1 Å². The molecule has 20 heavy (non-hydrogen) atoms. The van der Waals surface area contributed by atoms with Gasteiger partial charge in [-0.25, -0.2) is 9.78 Å². The molecule has 0 aliphatic carbocycles. The van der Waals surface area contributed by atoms with E-state index in [0.717, 1.165) is 5.56 Å². The first-order valence-electron chi connectivity index (χ1n) is 5.95. The lowest BCUT2D eigenvalue weighted by atomic mass is 10.2. The van der Waals surface area contributed by atoms with Gasteiger partial charge in [-0.05, 0) is 17.7 Å². The van der Waals surface area contributed by atoms with Crippen LogP contribution in [-0.2, 0) is 6.54 Å². The summed E-state index contributed by atoms with van der Waals surface area (Å²) in [7, 11) is 1.83. The van der Waals surface area contributed by atoms with Gasteiger partial charge in [0.2, 0.25) is 0 Å². The van der Waals surface area contributed by atoms with E-state index in [4.69, 9.17) is 0 Å². The normalized spacial score (nSPS) is 10.8. The molecule has 0 unspecified atom stereocenters. The van der Waals surface area contributed by atoms with Gasteiger partial charge in [0.1, 0.15) is 0 Å². The van der Waals surface area contributed by atoms with Gasteiger partial charge in [-0.15, -0.1) is 11.3 Å². The average molecular weight is 288 g/mol. The second kappa shape index (κ2) is 4.93. The maximum atomic E-state index is 11.5. The number of aromatic nitrogens is 3. The number of thiazole rings is 1. The zero-order chi connectivity index (χ0) is 14.1. The number of carboxylic acids is 1. The second-order valence-corrected chi connectivity index (χ2v) is 5.23. The van der Waals surface area contributed by atoms with E-state index < -0.39 is 5.97 Å². The van der Waals surface area contributed by atoms with Crippen LogP contribution in [-0.4, -0.2) is 32.5 Å². The van der Waals surface area contributed by atoms with E-state index in [2.05, 4.69) is 9.97 Å². The number of carbonyl (C=O) groups is 1. The number of hydrogen-bond donors (Lipinski definition) is 1. The molecule has 0 amide bonds. The summed E-state index contributed by atoms with van der Waals surface area (Å²) in [4.78, 5) is 22.3. The number of hydrogen-bond acceptors (Lipinski definition) is 5. The first kappa shape index (κ1) is 12.6. The van der Waals surface area contributed by atoms with E-state index in [-0.39, 0.29) is 5.69 Å². The Morgan fingerprint density at radius 1 is 1.45 bits per heavy atom. The molecule has 7 heteroatoms. The van der Waals surface area contributed by atoms with Crippen molar-refractivity contribution in [2.24, 2.45) is 0 Å². The summed E-state index contributed by atoms with van der Waals surface area (Å²) in [6.07, 6.45) is 5.15. The summed E-state index contributed by atoms with van der Waals surface area (Å²) >= 11 is 1.42. The van der Waals surface area contributed by atoms with Crippen molar-refractivity contribution in [3.8, 4) is 0 Å². The molecule has 0 saturated heterocycles. The molecule has 0 aliphatic heterocycles. The lowest BCUT2D eigenvalue weighted by Gasteiger charge is -2.17. The number of aromatic carboxylic acids is 1. The number of nitrogens with zero attached hydrogens (tertiary/aromatic N) is 4. The molecule has 3 aromatic rings. The molecule has 3 heterocycles. The average Bonchev–Trinajstić information content (AvgIpc) is 2.98. The smallest absolute Gasteiger partial charge is 0.356 e. The summed E-state index contributed by atoms with van der Waals surface area (Å²) in [6, 6.07) is 3.80. The molecule has 0 saturated carbocycles. The van der Waals surface area contributed by atoms with Crippen molar-refractivity contribution in [2.45, 2.75) is 6.54 Å². The number of anilines is 1. The fourth-order valence-corrected chi connectivity index (χ4v) is 2.79. The Kier molecular flexibility index (Phi) is 3.11. The number of rotatable bonds is 4. The van der Waals surface area contributed by atoms with Gasteiger partial charge >= 0.3 is 5.97 Å². The van der Waals surface area contributed by atoms with Crippen LogP contribution in [0.3, 0.4) is 0 Å². The molecule has 0 spiro atoms. The fraction of sp³-hybridized carbons (Fsp3) is 0.154. The zero-order valence-corrected chi connectivity index (χ0v) is 11.5. The molecule has 0 atom stereocenters. The van der Waals surface area contributed by atoms with E-state index in [0.29, 0.717) is 17.3 Å². The Bertz CT molecular complexity index is 750. The highest BCUT2D eigenvalue weighted by Crippen LogP contribution is 2.25. The minimum atomic E-state index is -0.979. The van der Waals surface area contributed by atoms with Crippen LogP contribution in [0, 0.1) is 0 Å². The standard InChI is InChI=1S/C13H12N4O2S/c1-16(8-9-2-4-14-5-3-9)11-10(12(18)19)17-6-7-20-13(17)15-11/h2-7H,8H2,1H3,(H,18,19). The highest BCUT2D eigenvalue weighted by molar-refractivity contribution is 7.15. The van der Waals surface area contributed by atoms with Crippen molar-refractivity contribution in [1.82, 2.24) is 14.4 Å². The van der Waals surface area contributed by atoms with Crippen molar-refractivity contribution in [3.05, 3.63) is 47.4 Å². The van der Waals surface area contributed by atoms with E-state index in [1.807, 2.05) is 29.5 Å². The Morgan fingerprint density at radius 3 is 2.90 bits per heavy atom. The van der Waals surface area contributed by atoms with E-state index in [1.165, 1.54) is 11.3 Å². The fourth-order valence-electron chi connectivity index (χ4n) is 2.08. The van der Waals surface area contributed by atoms with Crippen molar-refractivity contribution in [2.75, 3.05) is 11.9 Å². The first-order chi connectivity index (χ1) is 9.66. The Labute approximate surface area is 118 Å². The Balaban J connectivity index is 1.98. The SMILES string of the molecule is CN(Cc1ccncc1)c1nc2sccn2c1C(=O)O. The minimum absolute atomic E-state index is 0.192. The summed E-state index contributed by atoms with van der Waals surface area (Å²) in [5, 5.41) is 11.2. The molecule has 0 radical (unpaired) electrons. The van der Waals surface area contributed by atoms with Crippen LogP contribution in [0.2, 0.25) is 0 Å². The Hall–Kier alpha value is -2.41. The van der Waals surface area contributed by atoms with Gasteiger partial charge in [-0.1, -0.05) is 0 Å². The van der Waals surface area contributed by atoms with Crippen LogP contribution in [0.4, 0.5) is 5.82 Å². The predicted octanol–water partition coefficient (Wildman–Crippen LogP) is 2.13. The summed E-state index contributed by atoms with van der Waals surface area (Å²) < 4.78 is 1.60. The molecule has 3 rings (SSSR count). The lowest BCUT2D eigenvalue weighted by molar-refractivity contribution is 0.0690. The monoisotopic (exact) mass is 288 g/mol. The molecule has 3 aromatic heterocycles. The summed E-state index contributed by atoms with van der Waals surface area (Å²) in [6.45, 7) is 0.577. The number of pyridine rings is 1. The van der Waals surface area contributed by atoms with E-state index in [9.17, 15) is 9.90 Å². The largest absolute Gasteiger partial charge is 0.476 e. The molecule has 0 bridgehead atoms. The van der Waals surface area contributed by atoms with Gasteiger partial charge in [0.05, 0.1) is 0 Å². The molecular weight excluding hydrogens is 276 g/mol. The highest BCUT2D eigenvalue weighted by atomic mass is 32.1. The summed E-state index contributed by atoms with van der Waals surface area (Å²) in [5.41, 5.74) is 1.24. The molecule has 102 valence electrons. The van der Waals surface area contributed by atoms with Crippen LogP contribution in [0.1, 0.15) is 16.1 Å². The van der Waals surface area contributed by atoms with Crippen molar-refractivity contribution < 1.29 is 9.90 Å². The van der Waals surface area contributed by atoms with Crippen molar-refractivity contribution >= 4 is 28.1 Å². The quantitative estimate of drug-likeness (QED) is 0.796. The van der Waals surface area contributed by atoms with Crippen LogP contribution in [0.5, 0.6) is 0 Å². The molecule has 6 nitrogen and oxygen atoms in total. The maximum absolute atomic E-state index is 11.5. The second-order valence-electron chi connectivity index (χ2n) is 4.36. The molecule has 1 N–H and O–H groups in total. The molecule has 0 aromatic carbocycles. The summed E-state index contributed by atoms with van der Waals surface area (Å²) in [5.74, 6) is -0.506. The first-order valence-corrected chi connectivity index (χ1v) is 6.83. The third-order valence-electron chi connectivity index (χ3n) is 2.98. The lowest BCUT2D eigenvalue weighted by Crippen LogP contribution is -2.20. The van der Waals surface area contributed by atoms with Gasteiger partial charge in [-0.2, -0.15) is 0 Å². The van der Waals surface area contributed by atoms with E-state index in [1.54, 1.807) is 23.0 Å². The number of fused-ring (bicyclic) bond motifs is 1. The highest BCUT2D eigenvalue weighted by Gasteiger charge is 2.22. The number of carboxylic acid groups (broad SMARTS) is 1. The third-order valence-corrected chi connectivity index (χ3v) is 3.73. The zero-order valence-electron chi connectivity index (χ0n) is 10.7. The van der Waals surface area contributed by atoms with Gasteiger partial charge < -0.3 is 10.0 Å².